The number of carbonyl (C=O) groups is 2. The number of benzene rings is 1. The van der Waals surface area contributed by atoms with E-state index >= 15 is 0 Å². The van der Waals surface area contributed by atoms with Crippen molar-refractivity contribution >= 4 is 35.5 Å². The van der Waals surface area contributed by atoms with Crippen LogP contribution in [0.15, 0.2) is 24.3 Å². The van der Waals surface area contributed by atoms with Gasteiger partial charge in [-0.15, -0.1) is 23.5 Å². The zero-order chi connectivity index (χ0) is 15.7. The van der Waals surface area contributed by atoms with Gasteiger partial charge in [-0.05, 0) is 11.1 Å². The molecular formula is C14H16N2O4S2. The van der Waals surface area contributed by atoms with Crippen molar-refractivity contribution in [2.24, 2.45) is 0 Å². The Kier molecular flexibility index (Phi) is 4.62. The van der Waals surface area contributed by atoms with E-state index in [1.165, 1.54) is 0 Å². The molecule has 4 N–H and O–H groups in total. The molecule has 0 aliphatic carbocycles. The second kappa shape index (κ2) is 6.49. The summed E-state index contributed by atoms with van der Waals surface area (Å²) < 4.78 is 0. The molecule has 118 valence electrons. The summed E-state index contributed by atoms with van der Waals surface area (Å²) in [5, 5.41) is 24.1. The summed E-state index contributed by atoms with van der Waals surface area (Å²) in [6.45, 7) is 0. The van der Waals surface area contributed by atoms with Gasteiger partial charge in [0.25, 0.3) is 0 Å². The van der Waals surface area contributed by atoms with Crippen LogP contribution >= 0.6 is 23.5 Å². The first-order chi connectivity index (χ1) is 10.5. The van der Waals surface area contributed by atoms with E-state index in [0.717, 1.165) is 11.1 Å². The van der Waals surface area contributed by atoms with Gasteiger partial charge in [-0.25, -0.2) is 0 Å². The molecule has 4 atom stereocenters. The maximum Gasteiger partial charge on any atom is 0.321 e. The van der Waals surface area contributed by atoms with Crippen LogP contribution in [0.1, 0.15) is 21.9 Å². The standard InChI is InChI=1S/C14H16N2O4S2/c17-13(18)9-5-21-11(15-9)7-1-2-8(4-3-7)12-16-10(6-22-12)14(19)20/h1-4,9-12,15-16H,5-6H2,(H,17,18)(H,19,20)/t9-,10-,11?,12?/m0/s1. The number of thioether (sulfide) groups is 2. The number of hydrogen-bond donors (Lipinski definition) is 4. The molecule has 3 rings (SSSR count). The minimum Gasteiger partial charge on any atom is -0.480 e. The Bertz CT molecular complexity index is 530. The summed E-state index contributed by atoms with van der Waals surface area (Å²) in [7, 11) is 0. The third-order valence-electron chi connectivity index (χ3n) is 3.70. The van der Waals surface area contributed by atoms with Crippen molar-refractivity contribution in [2.75, 3.05) is 11.5 Å². The molecule has 0 radical (unpaired) electrons. The minimum absolute atomic E-state index is 0.00823. The molecule has 1 aromatic carbocycles. The van der Waals surface area contributed by atoms with Crippen molar-refractivity contribution in [1.29, 1.82) is 0 Å². The van der Waals surface area contributed by atoms with Gasteiger partial charge < -0.3 is 10.2 Å². The maximum absolute atomic E-state index is 11.0. The van der Waals surface area contributed by atoms with E-state index in [4.69, 9.17) is 10.2 Å². The molecule has 2 fully saturated rings. The van der Waals surface area contributed by atoms with Crippen LogP contribution in [-0.2, 0) is 9.59 Å². The van der Waals surface area contributed by atoms with E-state index in [1.807, 2.05) is 24.3 Å². The van der Waals surface area contributed by atoms with Gasteiger partial charge in [-0.1, -0.05) is 24.3 Å². The maximum atomic E-state index is 11.0. The van der Waals surface area contributed by atoms with Gasteiger partial charge in [0.05, 0.1) is 10.7 Å². The SMILES string of the molecule is O=C(O)[C@@H]1CSC(c2ccc(C3N[C@H](C(=O)O)CS3)cc2)N1. The number of nitrogens with one attached hydrogen (secondary N) is 2. The Labute approximate surface area is 136 Å². The molecule has 0 aromatic heterocycles. The molecule has 22 heavy (non-hydrogen) atoms. The van der Waals surface area contributed by atoms with Crippen LogP contribution in [0, 0.1) is 0 Å². The average Bonchev–Trinajstić information content (AvgIpc) is 3.17. The number of hydrogen-bond acceptors (Lipinski definition) is 6. The summed E-state index contributed by atoms with van der Waals surface area (Å²) in [6, 6.07) is 6.89. The normalized spacial score (nSPS) is 31.3. The first-order valence-corrected chi connectivity index (χ1v) is 8.95. The number of rotatable bonds is 4. The van der Waals surface area contributed by atoms with E-state index in [2.05, 4.69) is 10.6 Å². The second-order valence-corrected chi connectivity index (χ2v) is 7.48. The highest BCUT2D eigenvalue weighted by Crippen LogP contribution is 2.36. The zero-order valence-corrected chi connectivity index (χ0v) is 13.2. The Balaban J connectivity index is 1.64. The largest absolute Gasteiger partial charge is 0.480 e. The van der Waals surface area contributed by atoms with Crippen molar-refractivity contribution in [3.8, 4) is 0 Å². The molecule has 2 heterocycles. The fraction of sp³-hybridized carbons (Fsp3) is 0.429. The smallest absolute Gasteiger partial charge is 0.321 e. The fourth-order valence-corrected chi connectivity index (χ4v) is 4.93. The van der Waals surface area contributed by atoms with Crippen LogP contribution in [-0.4, -0.2) is 45.7 Å². The van der Waals surface area contributed by atoms with Gasteiger partial charge in [0, 0.05) is 11.5 Å². The number of carboxylic acids is 2. The van der Waals surface area contributed by atoms with Crippen LogP contribution in [0.2, 0.25) is 0 Å². The van der Waals surface area contributed by atoms with E-state index < -0.39 is 24.0 Å². The molecule has 0 spiro atoms. The monoisotopic (exact) mass is 340 g/mol. The van der Waals surface area contributed by atoms with Gasteiger partial charge in [-0.3, -0.25) is 20.2 Å². The lowest BCUT2D eigenvalue weighted by Gasteiger charge is -2.15. The summed E-state index contributed by atoms with van der Waals surface area (Å²) in [5.41, 5.74) is 2.07. The lowest BCUT2D eigenvalue weighted by Crippen LogP contribution is -2.34. The summed E-state index contributed by atoms with van der Waals surface area (Å²) in [6.07, 6.45) is 0. The van der Waals surface area contributed by atoms with E-state index in [1.54, 1.807) is 23.5 Å². The highest BCUT2D eigenvalue weighted by atomic mass is 32.2. The quantitative estimate of drug-likeness (QED) is 0.650. The predicted octanol–water partition coefficient (Wildman–Crippen LogP) is 1.26. The first kappa shape index (κ1) is 15.7. The number of carboxylic acid groups (broad SMARTS) is 2. The molecule has 2 unspecified atom stereocenters. The van der Waals surface area contributed by atoms with Crippen molar-refractivity contribution in [1.82, 2.24) is 10.6 Å². The van der Waals surface area contributed by atoms with Crippen molar-refractivity contribution in [2.45, 2.75) is 22.8 Å². The molecule has 2 saturated heterocycles. The molecule has 6 nitrogen and oxygen atoms in total. The summed E-state index contributed by atoms with van der Waals surface area (Å²) >= 11 is 3.17. The second-order valence-electron chi connectivity index (χ2n) is 5.21. The zero-order valence-electron chi connectivity index (χ0n) is 11.6. The van der Waals surface area contributed by atoms with Crippen LogP contribution in [0.4, 0.5) is 0 Å². The van der Waals surface area contributed by atoms with Gasteiger partial charge in [0.15, 0.2) is 0 Å². The Morgan fingerprint density at radius 1 is 0.864 bits per heavy atom. The molecule has 0 amide bonds. The summed E-state index contributed by atoms with van der Waals surface area (Å²) in [5.74, 6) is -0.528. The van der Waals surface area contributed by atoms with Crippen molar-refractivity contribution < 1.29 is 19.8 Å². The fourth-order valence-electron chi connectivity index (χ4n) is 2.46. The predicted molar refractivity (Wildman–Crippen MR) is 86.0 cm³/mol. The molecule has 0 saturated carbocycles. The van der Waals surface area contributed by atoms with Crippen LogP contribution < -0.4 is 10.6 Å². The highest BCUT2D eigenvalue weighted by molar-refractivity contribution is 8.00. The van der Waals surface area contributed by atoms with Crippen LogP contribution in [0.5, 0.6) is 0 Å². The van der Waals surface area contributed by atoms with Gasteiger partial charge >= 0.3 is 11.9 Å². The highest BCUT2D eigenvalue weighted by Gasteiger charge is 2.32. The number of aliphatic carboxylic acids is 2. The Morgan fingerprint density at radius 3 is 1.50 bits per heavy atom. The molecule has 1 aromatic rings. The third kappa shape index (κ3) is 3.24. The van der Waals surface area contributed by atoms with Crippen LogP contribution in [0.3, 0.4) is 0 Å². The minimum atomic E-state index is -0.821. The van der Waals surface area contributed by atoms with E-state index in [0.29, 0.717) is 11.5 Å². The molecule has 8 heteroatoms. The third-order valence-corrected chi connectivity index (χ3v) is 6.24. The van der Waals surface area contributed by atoms with E-state index in [9.17, 15) is 9.59 Å². The lowest BCUT2D eigenvalue weighted by molar-refractivity contribution is -0.139. The Hall–Kier alpha value is -1.22. The van der Waals surface area contributed by atoms with Crippen molar-refractivity contribution in [3.63, 3.8) is 0 Å². The Morgan fingerprint density at radius 2 is 1.23 bits per heavy atom. The molecule has 0 bridgehead atoms. The lowest BCUT2D eigenvalue weighted by atomic mass is 10.1. The van der Waals surface area contributed by atoms with Crippen molar-refractivity contribution in [3.05, 3.63) is 35.4 Å². The molecular weight excluding hydrogens is 324 g/mol. The summed E-state index contributed by atoms with van der Waals surface area (Å²) in [4.78, 5) is 21.9. The topological polar surface area (TPSA) is 98.7 Å². The van der Waals surface area contributed by atoms with Gasteiger partial charge in [0.1, 0.15) is 12.1 Å². The van der Waals surface area contributed by atoms with Gasteiger partial charge in [-0.2, -0.15) is 0 Å². The average molecular weight is 340 g/mol. The van der Waals surface area contributed by atoms with Gasteiger partial charge in [0.2, 0.25) is 0 Å². The van der Waals surface area contributed by atoms with E-state index in [-0.39, 0.29) is 10.7 Å². The first-order valence-electron chi connectivity index (χ1n) is 6.85. The van der Waals surface area contributed by atoms with Crippen LogP contribution in [0.25, 0.3) is 0 Å². The molecule has 2 aliphatic rings. The molecule has 2 aliphatic heterocycles.